The van der Waals surface area contributed by atoms with Crippen molar-refractivity contribution in [1.29, 1.82) is 0 Å². The molecule has 0 saturated heterocycles. The zero-order valence-electron chi connectivity index (χ0n) is 26.4. The SMILES string of the molecule is CCCS(=O)(=O)c1cccc2c1-c1nc-2nc2[nH]c(nc3[nH]c(n1)c1cccc(S(=O)(=O)CCC)c31)c1c(S(=O)(=O)CCC)cccc21. The first-order valence-electron chi connectivity index (χ1n) is 15.6. The van der Waals surface area contributed by atoms with Gasteiger partial charge < -0.3 is 9.97 Å². The Morgan fingerprint density at radius 2 is 0.938 bits per heavy atom. The number of nitrogens with one attached hydrogen (secondary N) is 2. The number of hydrogen-bond acceptors (Lipinski definition) is 10. The van der Waals surface area contributed by atoms with Crippen molar-refractivity contribution in [1.82, 2.24) is 29.9 Å². The molecule has 15 heteroatoms. The quantitative estimate of drug-likeness (QED) is 0.184. The van der Waals surface area contributed by atoms with Gasteiger partial charge in [0.2, 0.25) is 0 Å². The summed E-state index contributed by atoms with van der Waals surface area (Å²) >= 11 is 0. The van der Waals surface area contributed by atoms with Crippen LogP contribution in [-0.4, -0.2) is 72.4 Å². The average molecular weight is 705 g/mol. The highest BCUT2D eigenvalue weighted by atomic mass is 32.2. The molecule has 0 aliphatic carbocycles. The van der Waals surface area contributed by atoms with E-state index in [4.69, 9.17) is 19.9 Å². The van der Waals surface area contributed by atoms with Crippen molar-refractivity contribution < 1.29 is 25.3 Å². The molecule has 6 aromatic rings. The summed E-state index contributed by atoms with van der Waals surface area (Å²) in [6.45, 7) is 5.34. The standard InChI is InChI=1S/C33H32N6O6S3/c1-4-16-46(40,41)22-13-7-10-19-25(22)31-35-28(19)34-29-20-11-8-14-23(47(42,43)17-5-2)26(20)32(36-29)39-33-27-21(30(37-31)38-33)12-9-15-24(27)48(44,45)18-6-3/h7-15H,4-6,16-18H2,1-3H3,(H2,34,35,36,37,38,39). The summed E-state index contributed by atoms with van der Waals surface area (Å²) in [5.74, 6) is -0.0238. The highest BCUT2D eigenvalue weighted by molar-refractivity contribution is 7.92. The lowest BCUT2D eigenvalue weighted by Crippen LogP contribution is -2.07. The number of sulfone groups is 3. The lowest BCUT2D eigenvalue weighted by Gasteiger charge is -2.08. The van der Waals surface area contributed by atoms with E-state index in [1.807, 2.05) is 0 Å². The monoisotopic (exact) mass is 704 g/mol. The molecule has 0 spiro atoms. The maximum absolute atomic E-state index is 13.6. The maximum Gasteiger partial charge on any atom is 0.179 e. The Labute approximate surface area is 277 Å². The van der Waals surface area contributed by atoms with Crippen molar-refractivity contribution in [2.24, 2.45) is 0 Å². The van der Waals surface area contributed by atoms with Gasteiger partial charge in [0.05, 0.1) is 31.9 Å². The smallest absolute Gasteiger partial charge is 0.179 e. The normalized spacial score (nSPS) is 13.1. The molecule has 1 aliphatic rings. The van der Waals surface area contributed by atoms with Crippen LogP contribution in [0, 0.1) is 0 Å². The summed E-state index contributed by atoms with van der Waals surface area (Å²) < 4.78 is 81.3. The molecular formula is C33H32N6O6S3. The van der Waals surface area contributed by atoms with E-state index in [-0.39, 0.29) is 77.1 Å². The van der Waals surface area contributed by atoms with Crippen LogP contribution in [0.2, 0.25) is 0 Å². The first-order valence-corrected chi connectivity index (χ1v) is 20.6. The van der Waals surface area contributed by atoms with Crippen molar-refractivity contribution in [3.05, 3.63) is 54.6 Å². The lowest BCUT2D eigenvalue weighted by molar-refractivity contribution is 0.593. The van der Waals surface area contributed by atoms with Crippen molar-refractivity contribution in [3.8, 4) is 22.8 Å². The fraction of sp³-hybridized carbons (Fsp3) is 0.273. The summed E-state index contributed by atoms with van der Waals surface area (Å²) in [6.07, 6.45) is 1.18. The molecule has 3 aromatic carbocycles. The fourth-order valence-electron chi connectivity index (χ4n) is 6.34. The first-order chi connectivity index (χ1) is 22.9. The highest BCUT2D eigenvalue weighted by Gasteiger charge is 2.30. The van der Waals surface area contributed by atoms with Crippen LogP contribution >= 0.6 is 0 Å². The van der Waals surface area contributed by atoms with Crippen LogP contribution in [-0.2, 0) is 29.5 Å². The van der Waals surface area contributed by atoms with Gasteiger partial charge in [0.25, 0.3) is 0 Å². The molecule has 0 unspecified atom stereocenters. The Hall–Kier alpha value is -4.47. The van der Waals surface area contributed by atoms with Crippen molar-refractivity contribution >= 4 is 73.6 Å². The van der Waals surface area contributed by atoms with Crippen molar-refractivity contribution in [2.45, 2.75) is 54.7 Å². The largest absolute Gasteiger partial charge is 0.324 e. The summed E-state index contributed by atoms with van der Waals surface area (Å²) in [6, 6.07) is 14.6. The second kappa shape index (κ2) is 11.6. The second-order valence-electron chi connectivity index (χ2n) is 11.7. The van der Waals surface area contributed by atoms with Gasteiger partial charge in [-0.05, 0) is 37.5 Å². The van der Waals surface area contributed by atoms with Crippen LogP contribution in [0.1, 0.15) is 40.0 Å². The lowest BCUT2D eigenvalue weighted by atomic mass is 10.1. The number of rotatable bonds is 9. The first kappa shape index (κ1) is 32.1. The molecule has 0 radical (unpaired) electrons. The Bertz CT molecular complexity index is 2720. The van der Waals surface area contributed by atoms with Gasteiger partial charge in [-0.2, -0.15) is 0 Å². The van der Waals surface area contributed by atoms with Gasteiger partial charge in [-0.1, -0.05) is 57.2 Å². The average Bonchev–Trinajstić information content (AvgIpc) is 3.69. The summed E-state index contributed by atoms with van der Waals surface area (Å²) in [5.41, 5.74) is 1.46. The number of aromatic amines is 2. The molecular weight excluding hydrogens is 673 g/mol. The Kier molecular flexibility index (Phi) is 7.75. The van der Waals surface area contributed by atoms with E-state index in [2.05, 4.69) is 9.97 Å². The molecule has 1 aliphatic heterocycles. The molecule has 7 rings (SSSR count). The minimum atomic E-state index is -3.77. The zero-order chi connectivity index (χ0) is 34.0. The molecule has 48 heavy (non-hydrogen) atoms. The van der Waals surface area contributed by atoms with E-state index in [0.29, 0.717) is 41.0 Å². The summed E-state index contributed by atoms with van der Waals surface area (Å²) in [4.78, 5) is 25.7. The van der Waals surface area contributed by atoms with Crippen LogP contribution in [0.5, 0.6) is 0 Å². The number of H-pyrrole nitrogens is 2. The number of nitrogens with zero attached hydrogens (tertiary/aromatic N) is 4. The Morgan fingerprint density at radius 3 is 1.44 bits per heavy atom. The van der Waals surface area contributed by atoms with Crippen LogP contribution in [0.3, 0.4) is 0 Å². The molecule has 4 heterocycles. The highest BCUT2D eigenvalue weighted by Crippen LogP contribution is 2.40. The van der Waals surface area contributed by atoms with Crippen LogP contribution < -0.4 is 0 Å². The minimum Gasteiger partial charge on any atom is -0.324 e. The van der Waals surface area contributed by atoms with Crippen molar-refractivity contribution in [2.75, 3.05) is 17.3 Å². The maximum atomic E-state index is 13.6. The van der Waals surface area contributed by atoms with Crippen LogP contribution in [0.25, 0.3) is 66.9 Å². The minimum absolute atomic E-state index is 0.0417. The van der Waals surface area contributed by atoms with Gasteiger partial charge in [0.15, 0.2) is 41.2 Å². The molecule has 12 nitrogen and oxygen atoms in total. The third-order valence-corrected chi connectivity index (χ3v) is 14.2. The van der Waals surface area contributed by atoms with E-state index in [1.54, 1.807) is 57.2 Å². The molecule has 2 N–H and O–H groups in total. The topological polar surface area (TPSA) is 186 Å². The second-order valence-corrected chi connectivity index (χ2v) is 18.0. The third kappa shape index (κ3) is 5.11. The van der Waals surface area contributed by atoms with Gasteiger partial charge >= 0.3 is 0 Å². The molecule has 0 fully saturated rings. The molecule has 0 atom stereocenters. The van der Waals surface area contributed by atoms with Gasteiger partial charge in [-0.15, -0.1) is 0 Å². The van der Waals surface area contributed by atoms with E-state index in [1.165, 1.54) is 18.2 Å². The van der Waals surface area contributed by atoms with Gasteiger partial charge in [-0.25, -0.2) is 45.2 Å². The summed E-state index contributed by atoms with van der Waals surface area (Å²) in [5, 5.41) is 1.43. The summed E-state index contributed by atoms with van der Waals surface area (Å²) in [7, 11) is -11.3. The zero-order valence-corrected chi connectivity index (χ0v) is 28.9. The Morgan fingerprint density at radius 1 is 0.500 bits per heavy atom. The van der Waals surface area contributed by atoms with E-state index >= 15 is 0 Å². The fourth-order valence-corrected chi connectivity index (χ4v) is 11.0. The van der Waals surface area contributed by atoms with Crippen molar-refractivity contribution in [3.63, 3.8) is 0 Å². The third-order valence-electron chi connectivity index (χ3n) is 8.30. The van der Waals surface area contributed by atoms with Gasteiger partial charge in [0.1, 0.15) is 22.6 Å². The predicted molar refractivity (Wildman–Crippen MR) is 185 cm³/mol. The predicted octanol–water partition coefficient (Wildman–Crippen LogP) is 5.86. The van der Waals surface area contributed by atoms with E-state index < -0.39 is 29.5 Å². The van der Waals surface area contributed by atoms with Crippen LogP contribution in [0.4, 0.5) is 0 Å². The molecule has 248 valence electrons. The Balaban J connectivity index is 1.74. The molecule has 3 aromatic heterocycles. The molecule has 6 bridgehead atoms. The number of fused-ring (bicyclic) bond motifs is 15. The number of benzene rings is 3. The van der Waals surface area contributed by atoms with Crippen LogP contribution in [0.15, 0.2) is 69.3 Å². The van der Waals surface area contributed by atoms with E-state index in [9.17, 15) is 25.3 Å². The number of hydrogen-bond donors (Lipinski definition) is 2. The molecule has 0 saturated carbocycles. The van der Waals surface area contributed by atoms with E-state index in [0.717, 1.165) is 0 Å². The van der Waals surface area contributed by atoms with Gasteiger partial charge in [0, 0.05) is 32.7 Å². The molecule has 0 amide bonds. The van der Waals surface area contributed by atoms with Gasteiger partial charge in [-0.3, -0.25) is 0 Å². The number of aromatic nitrogens is 6.